The number of hydrogen-bond donors (Lipinski definition) is 0. The van der Waals surface area contributed by atoms with Crippen LogP contribution in [-0.4, -0.2) is 20.8 Å². The lowest BCUT2D eigenvalue weighted by atomic mass is 10.1. The molecule has 4 nitrogen and oxygen atoms in total. The van der Waals surface area contributed by atoms with Crippen LogP contribution in [0.1, 0.15) is 16.1 Å². The Morgan fingerprint density at radius 1 is 0.893 bits per heavy atom. The van der Waals surface area contributed by atoms with Crippen LogP contribution in [0, 0.1) is 0 Å². The third-order valence-electron chi connectivity index (χ3n) is 5.01. The second-order valence-electron chi connectivity index (χ2n) is 6.74. The molecule has 0 aliphatic heterocycles. The predicted molar refractivity (Wildman–Crippen MR) is 111 cm³/mol. The van der Waals surface area contributed by atoms with Crippen LogP contribution in [-0.2, 0) is 6.54 Å². The van der Waals surface area contributed by atoms with Crippen LogP contribution < -0.4 is 0 Å². The lowest BCUT2D eigenvalue weighted by Crippen LogP contribution is -2.02. The highest BCUT2D eigenvalue weighted by molar-refractivity contribution is 6.13. The van der Waals surface area contributed by atoms with Crippen molar-refractivity contribution in [3.63, 3.8) is 0 Å². The molecule has 0 N–H and O–H groups in total. The minimum atomic E-state index is 0.425. The van der Waals surface area contributed by atoms with E-state index in [1.807, 2.05) is 48.5 Å². The van der Waals surface area contributed by atoms with Gasteiger partial charge < -0.3 is 4.57 Å². The monoisotopic (exact) mass is 363 g/mol. The van der Waals surface area contributed by atoms with E-state index < -0.39 is 0 Å². The SMILES string of the molecule is O=Cc1cc2c3ccccc3n(Cc3ccccc3)c2c(-c2cccnc2)n1. The first-order valence-corrected chi connectivity index (χ1v) is 9.16. The molecule has 5 rings (SSSR count). The quantitative estimate of drug-likeness (QED) is 0.417. The van der Waals surface area contributed by atoms with E-state index in [1.54, 1.807) is 12.4 Å². The maximum absolute atomic E-state index is 11.6. The summed E-state index contributed by atoms with van der Waals surface area (Å²) in [6.45, 7) is 0.722. The highest BCUT2D eigenvalue weighted by Gasteiger charge is 2.18. The third-order valence-corrected chi connectivity index (χ3v) is 5.01. The summed E-state index contributed by atoms with van der Waals surface area (Å²) in [5, 5.41) is 2.14. The Kier molecular flexibility index (Phi) is 3.95. The van der Waals surface area contributed by atoms with E-state index in [-0.39, 0.29) is 0 Å². The van der Waals surface area contributed by atoms with Gasteiger partial charge in [-0.15, -0.1) is 0 Å². The number of para-hydroxylation sites is 1. The normalized spacial score (nSPS) is 11.1. The number of carbonyl (C=O) groups is 1. The highest BCUT2D eigenvalue weighted by Crippen LogP contribution is 2.35. The van der Waals surface area contributed by atoms with Gasteiger partial charge in [-0.25, -0.2) is 4.98 Å². The van der Waals surface area contributed by atoms with Crippen molar-refractivity contribution < 1.29 is 4.79 Å². The fourth-order valence-electron chi connectivity index (χ4n) is 3.79. The molecule has 0 aliphatic carbocycles. The van der Waals surface area contributed by atoms with E-state index in [0.29, 0.717) is 5.69 Å². The molecule has 0 unspecified atom stereocenters. The van der Waals surface area contributed by atoms with E-state index in [4.69, 9.17) is 0 Å². The molecule has 0 saturated heterocycles. The Balaban J connectivity index is 1.90. The molecule has 28 heavy (non-hydrogen) atoms. The van der Waals surface area contributed by atoms with Crippen LogP contribution in [0.3, 0.4) is 0 Å². The maximum Gasteiger partial charge on any atom is 0.168 e. The summed E-state index contributed by atoms with van der Waals surface area (Å²) >= 11 is 0. The van der Waals surface area contributed by atoms with Gasteiger partial charge in [-0.2, -0.15) is 0 Å². The van der Waals surface area contributed by atoms with Gasteiger partial charge in [-0.05, 0) is 29.8 Å². The van der Waals surface area contributed by atoms with E-state index in [2.05, 4.69) is 38.8 Å². The van der Waals surface area contributed by atoms with Crippen LogP contribution >= 0.6 is 0 Å². The Hall–Kier alpha value is -3.79. The van der Waals surface area contributed by atoms with Gasteiger partial charge in [-0.3, -0.25) is 9.78 Å². The predicted octanol–water partition coefficient (Wildman–Crippen LogP) is 5.11. The summed E-state index contributed by atoms with van der Waals surface area (Å²) in [4.78, 5) is 20.5. The zero-order valence-corrected chi connectivity index (χ0v) is 15.1. The van der Waals surface area contributed by atoms with Gasteiger partial charge in [0.25, 0.3) is 0 Å². The van der Waals surface area contributed by atoms with Crippen molar-refractivity contribution in [2.75, 3.05) is 0 Å². The number of benzene rings is 2. The number of fused-ring (bicyclic) bond motifs is 3. The number of hydrogen-bond acceptors (Lipinski definition) is 3. The van der Waals surface area contributed by atoms with Gasteiger partial charge in [0.15, 0.2) is 6.29 Å². The zero-order valence-electron chi connectivity index (χ0n) is 15.1. The average Bonchev–Trinajstić information content (AvgIpc) is 3.08. The van der Waals surface area contributed by atoms with Crippen molar-refractivity contribution >= 4 is 28.1 Å². The molecule has 5 aromatic rings. The molecule has 0 spiro atoms. The van der Waals surface area contributed by atoms with Crippen LogP contribution in [0.15, 0.2) is 85.2 Å². The van der Waals surface area contributed by atoms with Gasteiger partial charge in [0.05, 0.1) is 11.2 Å². The lowest BCUT2D eigenvalue weighted by molar-refractivity contribution is 0.111. The summed E-state index contributed by atoms with van der Waals surface area (Å²) < 4.78 is 2.28. The molecular formula is C24H17N3O. The zero-order chi connectivity index (χ0) is 18.9. The van der Waals surface area contributed by atoms with E-state index >= 15 is 0 Å². The van der Waals surface area contributed by atoms with E-state index in [9.17, 15) is 4.79 Å². The Morgan fingerprint density at radius 3 is 2.50 bits per heavy atom. The first-order valence-electron chi connectivity index (χ1n) is 9.16. The second-order valence-corrected chi connectivity index (χ2v) is 6.74. The summed E-state index contributed by atoms with van der Waals surface area (Å²) in [7, 11) is 0. The number of rotatable bonds is 4. The average molecular weight is 363 g/mol. The first kappa shape index (κ1) is 16.4. The molecule has 0 fully saturated rings. The summed E-state index contributed by atoms with van der Waals surface area (Å²) in [6, 6.07) is 24.4. The van der Waals surface area contributed by atoms with Crippen molar-refractivity contribution in [3.05, 3.63) is 96.4 Å². The van der Waals surface area contributed by atoms with Crippen molar-refractivity contribution in [2.45, 2.75) is 6.54 Å². The van der Waals surface area contributed by atoms with Gasteiger partial charge in [0.1, 0.15) is 5.69 Å². The molecule has 0 saturated carbocycles. The Morgan fingerprint density at radius 2 is 1.71 bits per heavy atom. The lowest BCUT2D eigenvalue weighted by Gasteiger charge is -2.11. The summed E-state index contributed by atoms with van der Waals surface area (Å²) in [5.74, 6) is 0. The number of carbonyl (C=O) groups excluding carboxylic acids is 1. The number of pyridine rings is 2. The molecule has 4 heteroatoms. The molecule has 3 heterocycles. The molecule has 134 valence electrons. The highest BCUT2D eigenvalue weighted by atomic mass is 16.1. The molecule has 0 aliphatic rings. The number of aldehydes is 1. The minimum Gasteiger partial charge on any atom is -0.334 e. The fraction of sp³-hybridized carbons (Fsp3) is 0.0417. The van der Waals surface area contributed by atoms with Gasteiger partial charge in [0, 0.05) is 40.8 Å². The van der Waals surface area contributed by atoms with Gasteiger partial charge >= 0.3 is 0 Å². The van der Waals surface area contributed by atoms with Gasteiger partial charge in [0.2, 0.25) is 0 Å². The van der Waals surface area contributed by atoms with Crippen molar-refractivity contribution in [1.29, 1.82) is 0 Å². The largest absolute Gasteiger partial charge is 0.334 e. The van der Waals surface area contributed by atoms with E-state index in [0.717, 1.165) is 45.9 Å². The molecule has 0 bridgehead atoms. The topological polar surface area (TPSA) is 47.8 Å². The van der Waals surface area contributed by atoms with Crippen molar-refractivity contribution in [1.82, 2.24) is 14.5 Å². The number of nitrogens with zero attached hydrogens (tertiary/aromatic N) is 3. The van der Waals surface area contributed by atoms with Crippen molar-refractivity contribution in [2.24, 2.45) is 0 Å². The second kappa shape index (κ2) is 6.74. The Labute approximate surface area is 162 Å². The summed E-state index contributed by atoms with van der Waals surface area (Å²) in [5.41, 5.74) is 5.45. The first-order chi connectivity index (χ1) is 13.8. The van der Waals surface area contributed by atoms with Crippen LogP contribution in [0.2, 0.25) is 0 Å². The molecular weight excluding hydrogens is 346 g/mol. The fourth-order valence-corrected chi connectivity index (χ4v) is 3.79. The molecule has 0 radical (unpaired) electrons. The standard InChI is InChI=1S/C24H17N3O/c28-16-19-13-21-20-10-4-5-11-22(20)27(15-17-7-2-1-3-8-17)24(21)23(26-19)18-9-6-12-25-14-18/h1-14,16H,15H2. The van der Waals surface area contributed by atoms with Crippen LogP contribution in [0.25, 0.3) is 33.1 Å². The smallest absolute Gasteiger partial charge is 0.168 e. The van der Waals surface area contributed by atoms with Crippen molar-refractivity contribution in [3.8, 4) is 11.3 Å². The maximum atomic E-state index is 11.6. The third kappa shape index (κ3) is 2.67. The minimum absolute atomic E-state index is 0.425. The summed E-state index contributed by atoms with van der Waals surface area (Å²) in [6.07, 6.45) is 4.34. The molecule has 3 aromatic heterocycles. The number of aromatic nitrogens is 3. The van der Waals surface area contributed by atoms with E-state index in [1.165, 1.54) is 5.56 Å². The van der Waals surface area contributed by atoms with Crippen LogP contribution in [0.4, 0.5) is 0 Å². The van der Waals surface area contributed by atoms with Crippen LogP contribution in [0.5, 0.6) is 0 Å². The molecule has 0 amide bonds. The van der Waals surface area contributed by atoms with Gasteiger partial charge in [-0.1, -0.05) is 48.5 Å². The molecule has 0 atom stereocenters. The molecule has 2 aromatic carbocycles. The Bertz CT molecular complexity index is 1290.